The van der Waals surface area contributed by atoms with Gasteiger partial charge in [-0.3, -0.25) is 0 Å². The molecule has 0 saturated heterocycles. The van der Waals surface area contributed by atoms with Gasteiger partial charge in [-0.1, -0.05) is 102 Å². The van der Waals surface area contributed by atoms with Gasteiger partial charge in [0.05, 0.1) is 0 Å². The molecule has 0 saturated carbocycles. The van der Waals surface area contributed by atoms with Crippen molar-refractivity contribution in [1.29, 1.82) is 0 Å². The number of hydrogen-bond acceptors (Lipinski definition) is 0. The van der Waals surface area contributed by atoms with Crippen LogP contribution in [0.5, 0.6) is 0 Å². The molecule has 0 aliphatic heterocycles. The maximum absolute atomic E-state index is 4.12. The molecule has 2 aromatic rings. The minimum absolute atomic E-state index is 1.00. The normalized spacial score (nSPS) is 9.75. The van der Waals surface area contributed by atoms with Crippen LogP contribution in [-0.2, 0) is 6.42 Å². The first kappa shape index (κ1) is 21.9. The molecule has 0 aliphatic carbocycles. The minimum Gasteiger partial charge on any atom is -0.0991 e. The van der Waals surface area contributed by atoms with Crippen molar-refractivity contribution in [3.05, 3.63) is 72.3 Å². The number of benzene rings is 2. The van der Waals surface area contributed by atoms with Gasteiger partial charge in [0.15, 0.2) is 0 Å². The Bertz CT molecular complexity index is 672. The predicted molar refractivity (Wildman–Crippen MR) is 115 cm³/mol. The monoisotopic (exact) mass is 322 g/mol. The summed E-state index contributed by atoms with van der Waals surface area (Å²) in [5.74, 6) is 0. The molecule has 2 aromatic carbocycles. The van der Waals surface area contributed by atoms with E-state index in [1.807, 2.05) is 26.0 Å². The zero-order valence-corrected chi connectivity index (χ0v) is 16.4. The summed E-state index contributed by atoms with van der Waals surface area (Å²) in [7, 11) is 0. The molecule has 2 rings (SSSR count). The van der Waals surface area contributed by atoms with E-state index in [-0.39, 0.29) is 0 Å². The molecular formula is C24H34. The summed E-state index contributed by atoms with van der Waals surface area (Å²) in [6, 6.07) is 10.8. The van der Waals surface area contributed by atoms with Crippen molar-refractivity contribution in [3.8, 4) is 0 Å². The lowest BCUT2D eigenvalue weighted by Crippen LogP contribution is -1.95. The lowest BCUT2D eigenvalue weighted by molar-refractivity contribution is 1.09. The van der Waals surface area contributed by atoms with E-state index in [1.54, 1.807) is 0 Å². The molecule has 0 radical (unpaired) electrons. The summed E-state index contributed by atoms with van der Waals surface area (Å²) in [6.45, 7) is 20.4. The minimum atomic E-state index is 1.00. The summed E-state index contributed by atoms with van der Waals surface area (Å²) < 4.78 is 0. The summed E-state index contributed by atoms with van der Waals surface area (Å²) in [6.07, 6.45) is 8.23. The molecule has 0 atom stereocenters. The van der Waals surface area contributed by atoms with Crippen LogP contribution in [0.4, 0.5) is 0 Å². The van der Waals surface area contributed by atoms with Crippen molar-refractivity contribution < 1.29 is 0 Å². The topological polar surface area (TPSA) is 0 Å². The van der Waals surface area contributed by atoms with E-state index in [0.717, 1.165) is 12.0 Å². The highest BCUT2D eigenvalue weighted by atomic mass is 14.1. The third-order valence-corrected chi connectivity index (χ3v) is 3.41. The molecule has 0 aliphatic rings. The third kappa shape index (κ3) is 5.85. The fourth-order valence-corrected chi connectivity index (χ4v) is 2.53. The molecule has 0 spiro atoms. The fourth-order valence-electron chi connectivity index (χ4n) is 2.53. The van der Waals surface area contributed by atoms with Crippen molar-refractivity contribution in [3.63, 3.8) is 0 Å². The van der Waals surface area contributed by atoms with Crippen LogP contribution in [0.1, 0.15) is 64.7 Å². The van der Waals surface area contributed by atoms with Crippen LogP contribution in [0.15, 0.2) is 55.6 Å². The summed E-state index contributed by atoms with van der Waals surface area (Å²) in [5.41, 5.74) is 5.04. The smallest absolute Gasteiger partial charge is 0.0108 e. The summed E-state index contributed by atoms with van der Waals surface area (Å²) >= 11 is 0. The van der Waals surface area contributed by atoms with Crippen molar-refractivity contribution in [1.82, 2.24) is 0 Å². The van der Waals surface area contributed by atoms with Crippen LogP contribution >= 0.6 is 0 Å². The predicted octanol–water partition coefficient (Wildman–Crippen LogP) is 8.08. The Balaban J connectivity index is 0.000000952. The highest BCUT2D eigenvalue weighted by molar-refractivity contribution is 5.95. The number of allylic oxidation sites excluding steroid dienone is 3. The van der Waals surface area contributed by atoms with Crippen molar-refractivity contribution >= 4 is 22.4 Å². The zero-order chi connectivity index (χ0) is 18.5. The molecule has 0 unspecified atom stereocenters. The van der Waals surface area contributed by atoms with Crippen molar-refractivity contribution in [2.45, 2.75) is 54.4 Å². The average molecular weight is 323 g/mol. The standard InChI is InChI=1S/C19H20.C3H8.C2H6/c1-5-7-11-18-16(6-2)19(14(3)4)13-15-10-8-9-12-17(15)18;1-3-2;1-2/h5,7-13H,1,3,6H2,2,4H3;3H2,1-2H3;1-2H3/b11-7-;;. The van der Waals surface area contributed by atoms with Gasteiger partial charge in [-0.25, -0.2) is 0 Å². The van der Waals surface area contributed by atoms with E-state index in [2.05, 4.69) is 77.3 Å². The van der Waals surface area contributed by atoms with E-state index < -0.39 is 0 Å². The lowest BCUT2D eigenvalue weighted by Gasteiger charge is -2.15. The maximum Gasteiger partial charge on any atom is -0.0108 e. The van der Waals surface area contributed by atoms with Gasteiger partial charge in [-0.05, 0) is 46.9 Å². The second kappa shape index (κ2) is 12.4. The molecule has 0 bridgehead atoms. The van der Waals surface area contributed by atoms with Crippen LogP contribution in [-0.4, -0.2) is 0 Å². The number of rotatable bonds is 4. The molecule has 0 nitrogen and oxygen atoms in total. The van der Waals surface area contributed by atoms with Gasteiger partial charge in [0.25, 0.3) is 0 Å². The summed E-state index contributed by atoms with van der Waals surface area (Å²) in [4.78, 5) is 0. The fraction of sp³-hybridized carbons (Fsp3) is 0.333. The Morgan fingerprint density at radius 3 is 2.17 bits per heavy atom. The Hall–Kier alpha value is -2.08. The van der Waals surface area contributed by atoms with Gasteiger partial charge in [-0.15, -0.1) is 0 Å². The Labute approximate surface area is 149 Å². The molecule has 130 valence electrons. The first-order valence-corrected chi connectivity index (χ1v) is 9.10. The first-order valence-electron chi connectivity index (χ1n) is 9.10. The lowest BCUT2D eigenvalue weighted by atomic mass is 9.89. The van der Waals surface area contributed by atoms with Crippen LogP contribution in [0.2, 0.25) is 0 Å². The molecule has 0 amide bonds. The van der Waals surface area contributed by atoms with Crippen LogP contribution in [0, 0.1) is 0 Å². The van der Waals surface area contributed by atoms with Crippen LogP contribution < -0.4 is 0 Å². The maximum atomic E-state index is 4.12. The third-order valence-electron chi connectivity index (χ3n) is 3.41. The number of hydrogen-bond donors (Lipinski definition) is 0. The van der Waals surface area contributed by atoms with Gasteiger partial charge in [0.2, 0.25) is 0 Å². The van der Waals surface area contributed by atoms with E-state index in [9.17, 15) is 0 Å². The molecule has 0 aromatic heterocycles. The Kier molecular flexibility index (Phi) is 11.3. The van der Waals surface area contributed by atoms with Crippen molar-refractivity contribution in [2.75, 3.05) is 0 Å². The van der Waals surface area contributed by atoms with Crippen LogP contribution in [0.25, 0.3) is 22.4 Å². The van der Waals surface area contributed by atoms with Crippen molar-refractivity contribution in [2.24, 2.45) is 0 Å². The molecule has 0 N–H and O–H groups in total. The molecule has 24 heavy (non-hydrogen) atoms. The Morgan fingerprint density at radius 2 is 1.67 bits per heavy atom. The van der Waals surface area contributed by atoms with E-state index in [1.165, 1.54) is 33.9 Å². The molecule has 0 fully saturated rings. The highest BCUT2D eigenvalue weighted by Gasteiger charge is 2.10. The molecular weight excluding hydrogens is 288 g/mol. The largest absolute Gasteiger partial charge is 0.0991 e. The zero-order valence-electron chi connectivity index (χ0n) is 16.4. The number of fused-ring (bicyclic) bond motifs is 1. The first-order chi connectivity index (χ1) is 11.6. The van der Waals surface area contributed by atoms with Gasteiger partial charge in [0.1, 0.15) is 0 Å². The van der Waals surface area contributed by atoms with E-state index in [4.69, 9.17) is 0 Å². The van der Waals surface area contributed by atoms with Gasteiger partial charge < -0.3 is 0 Å². The SMILES string of the molecule is C=C/C=C\c1c(CC)c(C(=C)C)cc2ccccc12.CC.CCC. The molecule has 0 heteroatoms. The van der Waals surface area contributed by atoms with Gasteiger partial charge >= 0.3 is 0 Å². The highest BCUT2D eigenvalue weighted by Crippen LogP contribution is 2.31. The average Bonchev–Trinajstić information content (AvgIpc) is 2.61. The van der Waals surface area contributed by atoms with E-state index in [0.29, 0.717) is 0 Å². The Morgan fingerprint density at radius 1 is 1.08 bits per heavy atom. The van der Waals surface area contributed by atoms with Gasteiger partial charge in [0, 0.05) is 0 Å². The van der Waals surface area contributed by atoms with E-state index >= 15 is 0 Å². The molecule has 0 heterocycles. The van der Waals surface area contributed by atoms with Gasteiger partial charge in [-0.2, -0.15) is 0 Å². The second-order valence-electron chi connectivity index (χ2n) is 5.47. The summed E-state index contributed by atoms with van der Waals surface area (Å²) in [5, 5.41) is 2.56. The quantitative estimate of drug-likeness (QED) is 0.499. The second-order valence-corrected chi connectivity index (χ2v) is 5.47. The van der Waals surface area contributed by atoms with Crippen LogP contribution in [0.3, 0.4) is 0 Å².